The quantitative estimate of drug-likeness (QED) is 0.336. The van der Waals surface area contributed by atoms with E-state index in [9.17, 15) is 14.9 Å². The Morgan fingerprint density at radius 1 is 1.18 bits per heavy atom. The molecule has 2 heterocycles. The van der Waals surface area contributed by atoms with Gasteiger partial charge in [0.15, 0.2) is 6.61 Å². The van der Waals surface area contributed by atoms with Crippen molar-refractivity contribution in [2.75, 3.05) is 6.61 Å². The first-order chi connectivity index (χ1) is 13.5. The molecule has 0 saturated carbocycles. The van der Waals surface area contributed by atoms with E-state index in [4.69, 9.17) is 4.74 Å². The van der Waals surface area contributed by atoms with Gasteiger partial charge in [-0.15, -0.1) is 0 Å². The number of pyridine rings is 1. The predicted octanol–water partition coefficient (Wildman–Crippen LogP) is 3.91. The lowest BCUT2D eigenvalue weighted by Crippen LogP contribution is -2.14. The normalized spacial score (nSPS) is 10.6. The SMILES string of the molecule is Cc1cc(C(=O)COc2cccnc2[N+](=O)[O-])c(C)n1CCc1ccccc1. The summed E-state index contributed by atoms with van der Waals surface area (Å²) in [5.41, 5.74) is 3.65. The van der Waals surface area contributed by atoms with E-state index in [1.807, 2.05) is 38.1 Å². The number of nitro groups is 1. The van der Waals surface area contributed by atoms with Crippen molar-refractivity contribution in [2.45, 2.75) is 26.8 Å². The van der Waals surface area contributed by atoms with Crippen molar-refractivity contribution in [3.05, 3.63) is 87.4 Å². The van der Waals surface area contributed by atoms with Crippen LogP contribution in [-0.4, -0.2) is 26.9 Å². The summed E-state index contributed by atoms with van der Waals surface area (Å²) in [6.07, 6.45) is 2.18. The van der Waals surface area contributed by atoms with Crippen molar-refractivity contribution >= 4 is 11.6 Å². The zero-order chi connectivity index (χ0) is 20.1. The minimum Gasteiger partial charge on any atom is -0.477 e. The molecule has 0 unspecified atom stereocenters. The zero-order valence-electron chi connectivity index (χ0n) is 15.8. The molecule has 0 spiro atoms. The molecule has 144 valence electrons. The Kier molecular flexibility index (Phi) is 5.84. The van der Waals surface area contributed by atoms with Gasteiger partial charge in [0.25, 0.3) is 0 Å². The van der Waals surface area contributed by atoms with E-state index in [0.717, 1.165) is 24.4 Å². The zero-order valence-corrected chi connectivity index (χ0v) is 15.8. The van der Waals surface area contributed by atoms with Crippen molar-refractivity contribution in [3.63, 3.8) is 0 Å². The number of aromatic nitrogens is 2. The lowest BCUT2D eigenvalue weighted by Gasteiger charge is -2.10. The molecule has 1 aromatic carbocycles. The molecule has 0 aliphatic rings. The molecular weight excluding hydrogens is 358 g/mol. The summed E-state index contributed by atoms with van der Waals surface area (Å²) in [5, 5.41) is 11.0. The Bertz CT molecular complexity index is 996. The summed E-state index contributed by atoms with van der Waals surface area (Å²) >= 11 is 0. The maximum atomic E-state index is 12.6. The summed E-state index contributed by atoms with van der Waals surface area (Å²) in [6, 6.07) is 15.0. The Morgan fingerprint density at radius 2 is 1.93 bits per heavy atom. The molecule has 0 amide bonds. The molecule has 0 aliphatic heterocycles. The molecule has 3 rings (SSSR count). The van der Waals surface area contributed by atoms with Crippen LogP contribution in [0.4, 0.5) is 5.82 Å². The highest BCUT2D eigenvalue weighted by atomic mass is 16.6. The van der Waals surface area contributed by atoms with Gasteiger partial charge >= 0.3 is 5.82 Å². The van der Waals surface area contributed by atoms with Crippen molar-refractivity contribution in [1.29, 1.82) is 0 Å². The van der Waals surface area contributed by atoms with Gasteiger partial charge in [0.05, 0.1) is 0 Å². The van der Waals surface area contributed by atoms with Crippen LogP contribution in [0.2, 0.25) is 0 Å². The van der Waals surface area contributed by atoms with Gasteiger partial charge in [-0.05, 0) is 53.9 Å². The van der Waals surface area contributed by atoms with Crippen molar-refractivity contribution < 1.29 is 14.5 Å². The average Bonchev–Trinajstić information content (AvgIpc) is 2.99. The maximum Gasteiger partial charge on any atom is 0.406 e. The number of ether oxygens (including phenoxy) is 1. The second-order valence-corrected chi connectivity index (χ2v) is 6.47. The third kappa shape index (κ3) is 4.25. The van der Waals surface area contributed by atoms with Crippen LogP contribution >= 0.6 is 0 Å². The van der Waals surface area contributed by atoms with Gasteiger partial charge in [-0.1, -0.05) is 30.3 Å². The number of Topliss-reactive ketones (excluding diaryl/α,β-unsaturated/α-hetero) is 1. The van der Waals surface area contributed by atoms with Gasteiger partial charge in [0, 0.05) is 23.5 Å². The molecule has 0 saturated heterocycles. The number of ketones is 1. The molecule has 0 atom stereocenters. The molecule has 7 heteroatoms. The van der Waals surface area contributed by atoms with E-state index in [-0.39, 0.29) is 18.1 Å². The van der Waals surface area contributed by atoms with Crippen LogP contribution in [-0.2, 0) is 13.0 Å². The van der Waals surface area contributed by atoms with E-state index in [1.54, 1.807) is 0 Å². The fourth-order valence-electron chi connectivity index (χ4n) is 3.17. The summed E-state index contributed by atoms with van der Waals surface area (Å²) in [4.78, 5) is 26.7. The van der Waals surface area contributed by atoms with Crippen LogP contribution in [0.1, 0.15) is 27.3 Å². The first-order valence-electron chi connectivity index (χ1n) is 8.93. The Morgan fingerprint density at radius 3 is 2.64 bits per heavy atom. The fourth-order valence-corrected chi connectivity index (χ4v) is 3.17. The van der Waals surface area contributed by atoms with Crippen molar-refractivity contribution in [3.8, 4) is 5.75 Å². The van der Waals surface area contributed by atoms with Crippen molar-refractivity contribution in [1.82, 2.24) is 9.55 Å². The van der Waals surface area contributed by atoms with Gasteiger partial charge in [0.2, 0.25) is 11.5 Å². The predicted molar refractivity (Wildman–Crippen MR) is 105 cm³/mol. The van der Waals surface area contributed by atoms with Gasteiger partial charge in [-0.3, -0.25) is 4.79 Å². The molecule has 2 aromatic heterocycles. The number of carbonyl (C=O) groups excluding carboxylic acids is 1. The fraction of sp³-hybridized carbons (Fsp3) is 0.238. The Hall–Kier alpha value is -3.48. The lowest BCUT2D eigenvalue weighted by molar-refractivity contribution is -0.390. The number of benzene rings is 1. The number of rotatable bonds is 8. The van der Waals surface area contributed by atoms with Crippen LogP contribution in [0.25, 0.3) is 0 Å². The van der Waals surface area contributed by atoms with Gasteiger partial charge in [0.1, 0.15) is 6.20 Å². The summed E-state index contributed by atoms with van der Waals surface area (Å²) in [5.74, 6) is -0.639. The minimum atomic E-state index is -0.630. The number of aryl methyl sites for hydroxylation is 2. The highest BCUT2D eigenvalue weighted by Crippen LogP contribution is 2.23. The topological polar surface area (TPSA) is 87.3 Å². The molecule has 0 bridgehead atoms. The third-order valence-corrected chi connectivity index (χ3v) is 4.62. The second kappa shape index (κ2) is 8.47. The van der Waals surface area contributed by atoms with Gasteiger partial charge in [-0.2, -0.15) is 0 Å². The third-order valence-electron chi connectivity index (χ3n) is 4.62. The van der Waals surface area contributed by atoms with Gasteiger partial charge < -0.3 is 19.4 Å². The van der Waals surface area contributed by atoms with Crippen molar-refractivity contribution in [2.24, 2.45) is 0 Å². The van der Waals surface area contributed by atoms with Crippen LogP contribution < -0.4 is 4.74 Å². The Labute approximate surface area is 162 Å². The molecule has 7 nitrogen and oxygen atoms in total. The molecule has 28 heavy (non-hydrogen) atoms. The number of carbonyl (C=O) groups is 1. The monoisotopic (exact) mass is 379 g/mol. The Balaban J connectivity index is 1.70. The second-order valence-electron chi connectivity index (χ2n) is 6.47. The number of hydrogen-bond donors (Lipinski definition) is 0. The number of hydrogen-bond acceptors (Lipinski definition) is 5. The average molecular weight is 379 g/mol. The standard InChI is InChI=1S/C21H21N3O4/c1-15-13-18(16(2)23(15)12-10-17-7-4-3-5-8-17)19(25)14-28-20-9-6-11-22-21(20)24(26)27/h3-9,11,13H,10,12,14H2,1-2H3. The molecule has 0 N–H and O–H groups in total. The van der Waals surface area contributed by atoms with E-state index in [0.29, 0.717) is 5.56 Å². The van der Waals surface area contributed by atoms with Crippen LogP contribution in [0, 0.1) is 24.0 Å². The van der Waals surface area contributed by atoms with E-state index in [2.05, 4.69) is 21.7 Å². The molecule has 0 aliphatic carbocycles. The maximum absolute atomic E-state index is 12.6. The smallest absolute Gasteiger partial charge is 0.406 e. The number of nitrogens with zero attached hydrogens (tertiary/aromatic N) is 3. The van der Waals surface area contributed by atoms with Crippen LogP contribution in [0.5, 0.6) is 5.75 Å². The van der Waals surface area contributed by atoms with E-state index >= 15 is 0 Å². The molecule has 3 aromatic rings. The highest BCUT2D eigenvalue weighted by molar-refractivity contribution is 5.98. The van der Waals surface area contributed by atoms with Crippen LogP contribution in [0.15, 0.2) is 54.7 Å². The first kappa shape index (κ1) is 19.3. The molecule has 0 radical (unpaired) electrons. The van der Waals surface area contributed by atoms with Gasteiger partial charge in [-0.25, -0.2) is 0 Å². The largest absolute Gasteiger partial charge is 0.477 e. The molecular formula is C21H21N3O4. The molecule has 0 fully saturated rings. The van der Waals surface area contributed by atoms with E-state index < -0.39 is 10.7 Å². The first-order valence-corrected chi connectivity index (χ1v) is 8.93. The minimum absolute atomic E-state index is 0.0151. The van der Waals surface area contributed by atoms with Crippen LogP contribution in [0.3, 0.4) is 0 Å². The summed E-state index contributed by atoms with van der Waals surface area (Å²) in [7, 11) is 0. The van der Waals surface area contributed by atoms with E-state index in [1.165, 1.54) is 23.9 Å². The summed E-state index contributed by atoms with van der Waals surface area (Å²) < 4.78 is 7.49. The lowest BCUT2D eigenvalue weighted by atomic mass is 10.1. The summed E-state index contributed by atoms with van der Waals surface area (Å²) in [6.45, 7) is 4.35. The highest BCUT2D eigenvalue weighted by Gasteiger charge is 2.20.